The highest BCUT2D eigenvalue weighted by atomic mass is 32.2. The molecule has 8 heteroatoms. The van der Waals surface area contributed by atoms with Crippen molar-refractivity contribution in [3.63, 3.8) is 0 Å². The van der Waals surface area contributed by atoms with E-state index in [1.54, 1.807) is 33.1 Å². The summed E-state index contributed by atoms with van der Waals surface area (Å²) in [6.45, 7) is 15.7. The van der Waals surface area contributed by atoms with Gasteiger partial charge in [-0.25, -0.2) is 0 Å². The molecule has 0 spiro atoms. The van der Waals surface area contributed by atoms with Gasteiger partial charge in [-0.3, -0.25) is 0 Å². The van der Waals surface area contributed by atoms with Crippen LogP contribution in [0, 0.1) is 0 Å². The Labute approximate surface area is 167 Å². The Hall–Kier alpha value is 0.150. The predicted molar refractivity (Wildman–Crippen MR) is 112 cm³/mol. The lowest BCUT2D eigenvalue weighted by molar-refractivity contribution is -0.0895. The summed E-state index contributed by atoms with van der Waals surface area (Å²) in [5, 5.41) is 10.9. The fourth-order valence-corrected chi connectivity index (χ4v) is 5.37. The second-order valence-corrected chi connectivity index (χ2v) is 11.7. The van der Waals surface area contributed by atoms with Crippen LogP contribution in [0.5, 0.6) is 0 Å². The highest BCUT2D eigenvalue weighted by Gasteiger charge is 2.54. The zero-order valence-electron chi connectivity index (χ0n) is 17.0. The Balaban J connectivity index is 1.57. The number of rotatable bonds is 5. The first-order valence-electron chi connectivity index (χ1n) is 9.08. The Morgan fingerprint density at radius 2 is 1.58 bits per heavy atom. The molecule has 0 bridgehead atoms. The van der Waals surface area contributed by atoms with Crippen molar-refractivity contribution in [2.24, 2.45) is 0 Å². The lowest BCUT2D eigenvalue weighted by atomic mass is 9.86. The summed E-state index contributed by atoms with van der Waals surface area (Å²) in [5.74, 6) is 0. The molecule has 1 fully saturated rings. The van der Waals surface area contributed by atoms with Crippen LogP contribution in [-0.4, -0.2) is 52.6 Å². The molecule has 1 saturated heterocycles. The van der Waals surface area contributed by atoms with E-state index in [9.17, 15) is 5.11 Å². The molecule has 2 unspecified atom stereocenters. The van der Waals surface area contributed by atoms with Crippen LogP contribution in [-0.2, 0) is 14.0 Å². The van der Waals surface area contributed by atoms with E-state index in [1.807, 2.05) is 25.6 Å². The molecular formula is C18H29B2O4S2. The molecular weight excluding hydrogens is 366 g/mol. The second kappa shape index (κ2) is 6.60. The van der Waals surface area contributed by atoms with E-state index in [0.29, 0.717) is 10.5 Å². The fourth-order valence-electron chi connectivity index (χ4n) is 2.62. The van der Waals surface area contributed by atoms with Gasteiger partial charge in [0.1, 0.15) is 0 Å². The normalized spacial score (nSPS) is 30.3. The SMILES string of the molecule is CC(C)(O)C(C)(C)O[B]C1=CC2SC(B3OC(C)(C)C(C)(C)O3)=CC2S1. The zero-order chi connectivity index (χ0) is 19.5. The maximum atomic E-state index is 10.2. The third kappa shape index (κ3) is 3.83. The van der Waals surface area contributed by atoms with Crippen LogP contribution in [0.1, 0.15) is 55.4 Å². The standard InChI is InChI=1S/C18H29B2O4S2/c1-15(2,21)16(3,4)22-19-13-9-11-12(25-13)10-14(26-11)20-23-17(5,6)18(7,8)24-20/h9-12,21H,1-8H3. The van der Waals surface area contributed by atoms with E-state index in [-0.39, 0.29) is 18.3 Å². The molecule has 0 amide bonds. The molecule has 0 aliphatic carbocycles. The molecule has 3 aliphatic rings. The number of aliphatic hydroxyl groups is 1. The Morgan fingerprint density at radius 1 is 1.04 bits per heavy atom. The van der Waals surface area contributed by atoms with Crippen LogP contribution in [0.2, 0.25) is 0 Å². The van der Waals surface area contributed by atoms with E-state index < -0.39 is 11.2 Å². The lowest BCUT2D eigenvalue weighted by Gasteiger charge is -2.37. The summed E-state index contributed by atoms with van der Waals surface area (Å²) in [7, 11) is 1.51. The number of hydrogen-bond acceptors (Lipinski definition) is 6. The molecule has 1 N–H and O–H groups in total. The van der Waals surface area contributed by atoms with Crippen LogP contribution in [0.25, 0.3) is 0 Å². The molecule has 0 aromatic heterocycles. The van der Waals surface area contributed by atoms with Crippen molar-refractivity contribution in [1.82, 2.24) is 0 Å². The minimum Gasteiger partial charge on any atom is -0.426 e. The summed E-state index contributed by atoms with van der Waals surface area (Å²) in [4.78, 5) is 2.27. The molecule has 0 saturated carbocycles. The Morgan fingerprint density at radius 3 is 2.08 bits per heavy atom. The van der Waals surface area contributed by atoms with Crippen molar-refractivity contribution in [1.29, 1.82) is 0 Å². The van der Waals surface area contributed by atoms with Crippen molar-refractivity contribution < 1.29 is 19.1 Å². The summed E-state index contributed by atoms with van der Waals surface area (Å²) < 4.78 is 18.2. The van der Waals surface area contributed by atoms with Crippen LogP contribution >= 0.6 is 23.5 Å². The van der Waals surface area contributed by atoms with E-state index in [1.165, 1.54) is 4.80 Å². The van der Waals surface area contributed by atoms with Gasteiger partial charge < -0.3 is 19.1 Å². The molecule has 2 atom stereocenters. The average Bonchev–Trinajstić information content (AvgIpc) is 3.05. The van der Waals surface area contributed by atoms with Gasteiger partial charge in [0, 0.05) is 15.3 Å². The Kier molecular flexibility index (Phi) is 5.30. The molecule has 3 aliphatic heterocycles. The van der Waals surface area contributed by atoms with Crippen LogP contribution < -0.4 is 0 Å². The molecule has 26 heavy (non-hydrogen) atoms. The number of hydrogen-bond donors (Lipinski definition) is 1. The maximum absolute atomic E-state index is 10.2. The molecule has 0 aromatic carbocycles. The third-order valence-electron chi connectivity index (χ3n) is 5.95. The minimum absolute atomic E-state index is 0.276. The molecule has 143 valence electrons. The van der Waals surface area contributed by atoms with E-state index in [4.69, 9.17) is 14.0 Å². The van der Waals surface area contributed by atoms with Gasteiger partial charge in [-0.05, 0) is 60.2 Å². The van der Waals surface area contributed by atoms with Crippen LogP contribution in [0.3, 0.4) is 0 Å². The highest BCUT2D eigenvalue weighted by molar-refractivity contribution is 8.10. The summed E-state index contributed by atoms with van der Waals surface area (Å²) >= 11 is 3.60. The lowest BCUT2D eigenvalue weighted by Crippen LogP contribution is -2.48. The molecule has 0 aromatic rings. The second-order valence-electron chi connectivity index (χ2n) is 9.20. The van der Waals surface area contributed by atoms with Crippen molar-refractivity contribution >= 4 is 38.1 Å². The van der Waals surface area contributed by atoms with Crippen LogP contribution in [0.15, 0.2) is 21.8 Å². The predicted octanol–water partition coefficient (Wildman–Crippen LogP) is 3.76. The van der Waals surface area contributed by atoms with E-state index >= 15 is 0 Å². The van der Waals surface area contributed by atoms with Crippen molar-refractivity contribution in [3.8, 4) is 0 Å². The smallest absolute Gasteiger partial charge is 0.426 e. The molecule has 3 heterocycles. The van der Waals surface area contributed by atoms with Gasteiger partial charge in [0.15, 0.2) is 0 Å². The van der Waals surface area contributed by atoms with Gasteiger partial charge in [-0.15, -0.1) is 23.5 Å². The van der Waals surface area contributed by atoms with Gasteiger partial charge in [-0.2, -0.15) is 0 Å². The summed E-state index contributed by atoms with van der Waals surface area (Å²) in [5.41, 5.74) is -2.19. The Bertz CT molecular complexity index is 622. The van der Waals surface area contributed by atoms with E-state index in [0.717, 1.165) is 4.80 Å². The average molecular weight is 395 g/mol. The first kappa shape index (κ1) is 20.9. The first-order chi connectivity index (χ1) is 11.7. The fraction of sp³-hybridized carbons (Fsp3) is 0.778. The van der Waals surface area contributed by atoms with Crippen molar-refractivity contribution in [2.75, 3.05) is 0 Å². The maximum Gasteiger partial charge on any atom is 0.501 e. The van der Waals surface area contributed by atoms with Gasteiger partial charge in [0.2, 0.25) is 0 Å². The van der Waals surface area contributed by atoms with Gasteiger partial charge in [0.05, 0.1) is 22.4 Å². The first-order valence-corrected chi connectivity index (χ1v) is 10.8. The van der Waals surface area contributed by atoms with Gasteiger partial charge >= 0.3 is 14.6 Å². The molecule has 4 nitrogen and oxygen atoms in total. The largest absolute Gasteiger partial charge is 0.501 e. The van der Waals surface area contributed by atoms with Crippen molar-refractivity contribution in [2.45, 2.75) is 88.3 Å². The molecule has 1 radical (unpaired) electrons. The topological polar surface area (TPSA) is 47.9 Å². The quantitative estimate of drug-likeness (QED) is 0.716. The van der Waals surface area contributed by atoms with Gasteiger partial charge in [0.25, 0.3) is 0 Å². The molecule has 3 rings (SSSR count). The number of thioether (sulfide) groups is 2. The monoisotopic (exact) mass is 395 g/mol. The highest BCUT2D eigenvalue weighted by Crippen LogP contribution is 2.50. The van der Waals surface area contributed by atoms with Crippen molar-refractivity contribution in [3.05, 3.63) is 21.8 Å². The summed E-state index contributed by atoms with van der Waals surface area (Å²) in [6.07, 6.45) is 4.50. The van der Waals surface area contributed by atoms with Crippen LogP contribution in [0.4, 0.5) is 0 Å². The van der Waals surface area contributed by atoms with E-state index in [2.05, 4.69) is 39.8 Å². The number of fused-ring (bicyclic) bond motifs is 1. The minimum atomic E-state index is -0.915. The summed E-state index contributed by atoms with van der Waals surface area (Å²) in [6, 6.07) is 0. The van der Waals surface area contributed by atoms with Gasteiger partial charge in [-0.1, -0.05) is 12.2 Å². The third-order valence-corrected chi connectivity index (χ3v) is 8.63. The zero-order valence-corrected chi connectivity index (χ0v) is 18.6.